The number of ether oxygens (including phenoxy) is 2. The van der Waals surface area contributed by atoms with Gasteiger partial charge in [0, 0.05) is 24.7 Å². The molecule has 2 aliphatic rings. The van der Waals surface area contributed by atoms with Crippen LogP contribution in [0.1, 0.15) is 28.4 Å². The van der Waals surface area contributed by atoms with Crippen LogP contribution in [0, 0.1) is 0 Å². The van der Waals surface area contributed by atoms with Crippen LogP contribution in [0.3, 0.4) is 0 Å². The van der Waals surface area contributed by atoms with Gasteiger partial charge in [0.25, 0.3) is 5.91 Å². The van der Waals surface area contributed by atoms with E-state index in [2.05, 4.69) is 0 Å². The van der Waals surface area contributed by atoms with Crippen LogP contribution in [0.5, 0.6) is 0 Å². The normalized spacial score (nSPS) is 23.5. The highest BCUT2D eigenvalue weighted by molar-refractivity contribution is 5.94. The Balaban J connectivity index is 1.75. The van der Waals surface area contributed by atoms with Gasteiger partial charge in [-0.05, 0) is 30.2 Å². The van der Waals surface area contributed by atoms with E-state index in [9.17, 15) is 4.79 Å². The van der Waals surface area contributed by atoms with Crippen molar-refractivity contribution in [2.75, 3.05) is 19.7 Å². The molecule has 2 heterocycles. The van der Waals surface area contributed by atoms with Crippen LogP contribution in [0.2, 0.25) is 0 Å². The van der Waals surface area contributed by atoms with Gasteiger partial charge in [-0.2, -0.15) is 0 Å². The second-order valence-corrected chi connectivity index (χ2v) is 5.50. The first-order valence-electron chi connectivity index (χ1n) is 7.01. The van der Waals surface area contributed by atoms with Crippen molar-refractivity contribution in [1.82, 2.24) is 4.90 Å². The predicted octanol–water partition coefficient (Wildman–Crippen LogP) is 0.905. The summed E-state index contributed by atoms with van der Waals surface area (Å²) in [5, 5.41) is 0. The third-order valence-corrected chi connectivity index (χ3v) is 3.94. The van der Waals surface area contributed by atoms with Crippen molar-refractivity contribution in [2.45, 2.75) is 32.3 Å². The zero-order valence-electron chi connectivity index (χ0n) is 11.7. The van der Waals surface area contributed by atoms with Gasteiger partial charge in [-0.3, -0.25) is 4.79 Å². The van der Waals surface area contributed by atoms with E-state index in [1.54, 1.807) is 0 Å². The van der Waals surface area contributed by atoms with E-state index in [-0.39, 0.29) is 18.1 Å². The fourth-order valence-corrected chi connectivity index (χ4v) is 2.67. The van der Waals surface area contributed by atoms with Crippen molar-refractivity contribution >= 4 is 5.91 Å². The number of fused-ring (bicyclic) bond motifs is 1. The van der Waals surface area contributed by atoms with Crippen molar-refractivity contribution < 1.29 is 14.3 Å². The van der Waals surface area contributed by atoms with E-state index < -0.39 is 0 Å². The molecule has 0 spiro atoms. The maximum Gasteiger partial charge on any atom is 0.254 e. The molecule has 2 atom stereocenters. The highest BCUT2D eigenvalue weighted by atomic mass is 16.5. The smallest absolute Gasteiger partial charge is 0.254 e. The van der Waals surface area contributed by atoms with Crippen molar-refractivity contribution in [3.63, 3.8) is 0 Å². The van der Waals surface area contributed by atoms with Gasteiger partial charge in [0.15, 0.2) is 0 Å². The molecule has 1 amide bonds. The molecule has 5 nitrogen and oxygen atoms in total. The number of carbonyl (C=O) groups excluding carboxylic acids is 1. The minimum atomic E-state index is -0.0783. The molecule has 0 radical (unpaired) electrons. The monoisotopic (exact) mass is 276 g/mol. The zero-order chi connectivity index (χ0) is 14.1. The first kappa shape index (κ1) is 13.5. The van der Waals surface area contributed by atoms with E-state index in [4.69, 9.17) is 15.2 Å². The number of hydrogen-bond donors (Lipinski definition) is 1. The Labute approximate surface area is 118 Å². The lowest BCUT2D eigenvalue weighted by atomic mass is 10.0. The van der Waals surface area contributed by atoms with E-state index >= 15 is 0 Å². The second-order valence-electron chi connectivity index (χ2n) is 5.50. The van der Waals surface area contributed by atoms with Crippen molar-refractivity contribution in [2.24, 2.45) is 5.73 Å². The van der Waals surface area contributed by atoms with Crippen molar-refractivity contribution in [3.05, 3.63) is 34.9 Å². The summed E-state index contributed by atoms with van der Waals surface area (Å²) in [6, 6.07) is 5.74. The Morgan fingerprint density at radius 3 is 3.00 bits per heavy atom. The number of morpholine rings is 1. The van der Waals surface area contributed by atoms with Gasteiger partial charge < -0.3 is 20.1 Å². The van der Waals surface area contributed by atoms with Gasteiger partial charge in [-0.25, -0.2) is 0 Å². The van der Waals surface area contributed by atoms with E-state index in [0.29, 0.717) is 32.9 Å². The molecule has 0 aromatic heterocycles. The lowest BCUT2D eigenvalue weighted by molar-refractivity contribution is -0.0300. The molecule has 1 fully saturated rings. The molecule has 3 rings (SSSR count). The topological polar surface area (TPSA) is 64.8 Å². The minimum absolute atomic E-state index is 0.0497. The third-order valence-electron chi connectivity index (χ3n) is 3.94. The number of amides is 1. The van der Waals surface area contributed by atoms with E-state index in [1.165, 1.54) is 5.56 Å². The van der Waals surface area contributed by atoms with Crippen LogP contribution in [0.4, 0.5) is 0 Å². The number of nitrogens with zero attached hydrogens (tertiary/aromatic N) is 1. The molecule has 2 aliphatic heterocycles. The summed E-state index contributed by atoms with van der Waals surface area (Å²) in [4.78, 5) is 14.4. The summed E-state index contributed by atoms with van der Waals surface area (Å²) in [5.74, 6) is 0.0497. The standard InChI is InChI=1S/C15H20N2O3/c1-10(16)14-7-17(4-5-20-14)15(18)11-2-3-12-8-19-9-13(12)6-11/h2-3,6,10,14H,4-5,7-9,16H2,1H3. The van der Waals surface area contributed by atoms with Gasteiger partial charge in [0.1, 0.15) is 0 Å². The van der Waals surface area contributed by atoms with Crippen molar-refractivity contribution in [1.29, 1.82) is 0 Å². The Kier molecular flexibility index (Phi) is 3.74. The molecule has 1 saturated heterocycles. The summed E-state index contributed by atoms with van der Waals surface area (Å²) in [7, 11) is 0. The fraction of sp³-hybridized carbons (Fsp3) is 0.533. The van der Waals surface area contributed by atoms with Crippen LogP contribution in [-0.4, -0.2) is 42.6 Å². The molecule has 108 valence electrons. The van der Waals surface area contributed by atoms with Crippen molar-refractivity contribution in [3.8, 4) is 0 Å². The lowest BCUT2D eigenvalue weighted by Crippen LogP contribution is -2.51. The zero-order valence-corrected chi connectivity index (χ0v) is 11.7. The average Bonchev–Trinajstić information content (AvgIpc) is 2.94. The van der Waals surface area contributed by atoms with Gasteiger partial charge in [-0.15, -0.1) is 0 Å². The Bertz CT molecular complexity index is 516. The maximum atomic E-state index is 12.6. The molecular formula is C15H20N2O3. The van der Waals surface area contributed by atoms with E-state index in [1.807, 2.05) is 30.0 Å². The Morgan fingerprint density at radius 2 is 2.20 bits per heavy atom. The molecule has 20 heavy (non-hydrogen) atoms. The second kappa shape index (κ2) is 5.52. The molecule has 5 heteroatoms. The molecule has 0 aliphatic carbocycles. The van der Waals surface area contributed by atoms with Gasteiger partial charge in [0.2, 0.25) is 0 Å². The molecule has 2 N–H and O–H groups in total. The largest absolute Gasteiger partial charge is 0.373 e. The van der Waals surface area contributed by atoms with Crippen LogP contribution in [-0.2, 0) is 22.7 Å². The third kappa shape index (κ3) is 2.57. The maximum absolute atomic E-state index is 12.6. The molecule has 0 saturated carbocycles. The van der Waals surface area contributed by atoms with Gasteiger partial charge >= 0.3 is 0 Å². The Morgan fingerprint density at radius 1 is 1.40 bits per heavy atom. The van der Waals surface area contributed by atoms with Crippen LogP contribution >= 0.6 is 0 Å². The molecule has 1 aromatic carbocycles. The molecule has 0 bridgehead atoms. The average molecular weight is 276 g/mol. The molecular weight excluding hydrogens is 256 g/mol. The first-order valence-corrected chi connectivity index (χ1v) is 7.01. The first-order chi connectivity index (χ1) is 9.65. The predicted molar refractivity (Wildman–Crippen MR) is 74.2 cm³/mol. The highest BCUT2D eigenvalue weighted by Gasteiger charge is 2.27. The van der Waals surface area contributed by atoms with Crippen LogP contribution in [0.25, 0.3) is 0 Å². The quantitative estimate of drug-likeness (QED) is 0.872. The number of hydrogen-bond acceptors (Lipinski definition) is 4. The molecule has 2 unspecified atom stereocenters. The molecule has 1 aromatic rings. The summed E-state index contributed by atoms with van der Waals surface area (Å²) in [5.41, 5.74) is 8.88. The number of carbonyl (C=O) groups is 1. The fourth-order valence-electron chi connectivity index (χ4n) is 2.67. The summed E-state index contributed by atoms with van der Waals surface area (Å²) in [6.07, 6.45) is -0.0783. The van der Waals surface area contributed by atoms with Crippen LogP contribution in [0.15, 0.2) is 18.2 Å². The Hall–Kier alpha value is -1.43. The number of nitrogens with two attached hydrogens (primary N) is 1. The minimum Gasteiger partial charge on any atom is -0.373 e. The summed E-state index contributed by atoms with van der Waals surface area (Å²) >= 11 is 0. The number of rotatable bonds is 2. The van der Waals surface area contributed by atoms with Crippen LogP contribution < -0.4 is 5.73 Å². The van der Waals surface area contributed by atoms with Gasteiger partial charge in [-0.1, -0.05) is 6.07 Å². The summed E-state index contributed by atoms with van der Waals surface area (Å²) < 4.78 is 11.0. The van der Waals surface area contributed by atoms with Gasteiger partial charge in [0.05, 0.1) is 25.9 Å². The number of benzene rings is 1. The van der Waals surface area contributed by atoms with E-state index in [0.717, 1.165) is 11.1 Å². The highest BCUT2D eigenvalue weighted by Crippen LogP contribution is 2.22. The SMILES string of the molecule is CC(N)C1CN(C(=O)c2ccc3c(c2)COC3)CCO1. The summed E-state index contributed by atoms with van der Waals surface area (Å²) in [6.45, 7) is 4.88. The lowest BCUT2D eigenvalue weighted by Gasteiger charge is -2.34.